The summed E-state index contributed by atoms with van der Waals surface area (Å²) in [5.41, 5.74) is 0. The number of halogens is 1. The van der Waals surface area contributed by atoms with Crippen LogP contribution in [0.25, 0.3) is 0 Å². The van der Waals surface area contributed by atoms with Crippen molar-refractivity contribution >= 4 is 27.9 Å². The zero-order valence-electron chi connectivity index (χ0n) is 23.6. The molecule has 0 aliphatic carbocycles. The fourth-order valence-corrected chi connectivity index (χ4v) is 3.87. The largest absolute Gasteiger partial charge is 0.466 e. The summed E-state index contributed by atoms with van der Waals surface area (Å²) >= 11 is 3.44. The molecule has 0 saturated heterocycles. The summed E-state index contributed by atoms with van der Waals surface area (Å²) in [5.74, 6) is -0.0785. The number of esters is 2. The van der Waals surface area contributed by atoms with Gasteiger partial charge in [0.25, 0.3) is 5.09 Å². The monoisotopic (exact) mass is 690 g/mol. The summed E-state index contributed by atoms with van der Waals surface area (Å²) in [4.78, 5) is 30.4. The Morgan fingerprint density at radius 1 is 0.649 bits per heavy atom. The van der Waals surface area contributed by atoms with Crippen molar-refractivity contribution in [3.63, 3.8) is 0 Å². The van der Waals surface area contributed by atoms with E-state index in [1.54, 1.807) is 0 Å². The summed E-state index contributed by atoms with van der Waals surface area (Å²) in [6, 6.07) is 0. The van der Waals surface area contributed by atoms with Crippen LogP contribution in [0.15, 0.2) is 0 Å². The third-order valence-corrected chi connectivity index (χ3v) is 5.92. The third-order valence-electron chi connectivity index (χ3n) is 5.36. The van der Waals surface area contributed by atoms with Gasteiger partial charge in [-0.3, -0.25) is 9.59 Å². The fourth-order valence-electron chi connectivity index (χ4n) is 3.47. The molecule has 0 aliphatic rings. The first-order valence-electron chi connectivity index (χ1n) is 14.1. The zero-order valence-corrected chi connectivity index (χ0v) is 26.6. The molecule has 0 rings (SSSR count). The van der Waals surface area contributed by atoms with E-state index in [1.807, 2.05) is 13.8 Å². The van der Waals surface area contributed by atoms with E-state index in [0.717, 1.165) is 24.6 Å². The molecule has 0 aromatic carbocycles. The Hall–Kier alpha value is -0.640. The summed E-state index contributed by atoms with van der Waals surface area (Å²) in [5, 5.41) is 14.8. The molecular formula is C27H54AgBrNO7. The van der Waals surface area contributed by atoms with E-state index in [-0.39, 0.29) is 34.3 Å². The molecule has 0 atom stereocenters. The molecule has 10 heteroatoms. The number of nitrogens with zero attached hydrogens (tertiary/aromatic N) is 1. The van der Waals surface area contributed by atoms with Gasteiger partial charge < -0.3 is 14.7 Å². The van der Waals surface area contributed by atoms with Crippen LogP contribution < -0.4 is 0 Å². The molecule has 0 saturated carbocycles. The smallest absolute Gasteiger partial charge is 0.305 e. The Kier molecular flexibility index (Phi) is 46.8. The Bertz CT molecular complexity index is 446. The standard InChI is InChI=1S/C14H28O2.C13H25BrO2.Ag.HNO3/c1-3-5-6-7-8-9-10-11-12-13-14(15)16-4-2;1-2-16-13(15)11-9-7-5-3-4-6-8-10-12-14;;2-1(3)4/h3-13H2,1-2H3;2-12H2,1H3;;(H,2,3,4). The van der Waals surface area contributed by atoms with Crippen molar-refractivity contribution in [3.8, 4) is 0 Å². The first-order chi connectivity index (χ1) is 17.3. The maximum atomic E-state index is 11.0. The van der Waals surface area contributed by atoms with Crippen LogP contribution in [-0.4, -0.2) is 40.8 Å². The molecule has 8 nitrogen and oxygen atoms in total. The summed E-state index contributed by atoms with van der Waals surface area (Å²) in [6.07, 6.45) is 22.8. The number of hydrogen-bond acceptors (Lipinski definition) is 6. The van der Waals surface area contributed by atoms with Crippen LogP contribution in [0.5, 0.6) is 0 Å². The topological polar surface area (TPSA) is 116 Å². The van der Waals surface area contributed by atoms with Gasteiger partial charge in [0.15, 0.2) is 0 Å². The minimum atomic E-state index is -1.50. The number of carbonyl (C=O) groups is 2. The zero-order chi connectivity index (χ0) is 27.7. The van der Waals surface area contributed by atoms with Crippen LogP contribution in [0.3, 0.4) is 0 Å². The second-order valence-electron chi connectivity index (χ2n) is 8.69. The predicted octanol–water partition coefficient (Wildman–Crippen LogP) is 8.58. The van der Waals surface area contributed by atoms with Crippen molar-refractivity contribution < 1.29 is 51.7 Å². The molecule has 0 aliphatic heterocycles. The van der Waals surface area contributed by atoms with Gasteiger partial charge >= 0.3 is 11.9 Å². The molecule has 0 aromatic heterocycles. The number of alkyl halides is 1. The van der Waals surface area contributed by atoms with Crippen molar-refractivity contribution in [3.05, 3.63) is 10.1 Å². The fraction of sp³-hybridized carbons (Fsp3) is 0.926. The van der Waals surface area contributed by atoms with E-state index in [0.29, 0.717) is 26.1 Å². The maximum absolute atomic E-state index is 11.0. The normalized spacial score (nSPS) is 9.62. The molecular weight excluding hydrogens is 638 g/mol. The molecule has 1 radical (unpaired) electrons. The second-order valence-corrected chi connectivity index (χ2v) is 9.49. The number of unbranched alkanes of at least 4 members (excludes halogenated alkanes) is 15. The van der Waals surface area contributed by atoms with Crippen molar-refractivity contribution in [1.82, 2.24) is 0 Å². The summed E-state index contributed by atoms with van der Waals surface area (Å²) in [7, 11) is 0. The average Bonchev–Trinajstić information content (AvgIpc) is 2.82. The molecule has 0 fully saturated rings. The van der Waals surface area contributed by atoms with Gasteiger partial charge in [-0.25, -0.2) is 0 Å². The molecule has 227 valence electrons. The Morgan fingerprint density at radius 3 is 1.19 bits per heavy atom. The quantitative estimate of drug-likeness (QED) is 0.0302. The van der Waals surface area contributed by atoms with Gasteiger partial charge in [-0.15, -0.1) is 10.1 Å². The van der Waals surface area contributed by atoms with Crippen LogP contribution in [0.2, 0.25) is 0 Å². The van der Waals surface area contributed by atoms with Gasteiger partial charge in [0.2, 0.25) is 0 Å². The molecule has 0 spiro atoms. The molecule has 0 heterocycles. The van der Waals surface area contributed by atoms with Crippen LogP contribution in [-0.2, 0) is 41.4 Å². The molecule has 0 bridgehead atoms. The third kappa shape index (κ3) is 52.6. The molecule has 1 N–H and O–H groups in total. The van der Waals surface area contributed by atoms with Crippen molar-refractivity contribution in [1.29, 1.82) is 0 Å². The van der Waals surface area contributed by atoms with Gasteiger partial charge in [-0.05, 0) is 33.1 Å². The van der Waals surface area contributed by atoms with Gasteiger partial charge in [-0.1, -0.05) is 113 Å². The second kappa shape index (κ2) is 39.9. The van der Waals surface area contributed by atoms with Crippen molar-refractivity contribution in [2.75, 3.05) is 18.5 Å². The first-order valence-corrected chi connectivity index (χ1v) is 15.2. The van der Waals surface area contributed by atoms with E-state index in [4.69, 9.17) is 24.8 Å². The molecule has 0 unspecified atom stereocenters. The Morgan fingerprint density at radius 2 is 0.919 bits per heavy atom. The van der Waals surface area contributed by atoms with Crippen LogP contribution >= 0.6 is 15.9 Å². The van der Waals surface area contributed by atoms with Crippen molar-refractivity contribution in [2.45, 2.75) is 143 Å². The first kappa shape index (κ1) is 43.4. The van der Waals surface area contributed by atoms with Crippen LogP contribution in [0, 0.1) is 10.1 Å². The van der Waals surface area contributed by atoms with E-state index in [1.165, 1.54) is 89.9 Å². The summed E-state index contributed by atoms with van der Waals surface area (Å²) < 4.78 is 9.75. The van der Waals surface area contributed by atoms with Crippen LogP contribution in [0.1, 0.15) is 143 Å². The minimum absolute atomic E-state index is 0. The maximum Gasteiger partial charge on any atom is 0.305 e. The van der Waals surface area contributed by atoms with Gasteiger partial charge in [0.1, 0.15) is 0 Å². The molecule has 0 aromatic rings. The Balaban J connectivity index is -0.000000251. The van der Waals surface area contributed by atoms with E-state index in [9.17, 15) is 9.59 Å². The van der Waals surface area contributed by atoms with E-state index >= 15 is 0 Å². The SMILES string of the molecule is CCCCCCCCCCCC(=O)OCC.CCOC(=O)CCCCCCCCCCBr.O=[N+]([O-])O.[Ag]. The van der Waals surface area contributed by atoms with Crippen LogP contribution in [0.4, 0.5) is 0 Å². The number of rotatable bonds is 22. The number of carbonyl (C=O) groups excluding carboxylic acids is 2. The average molecular weight is 693 g/mol. The summed E-state index contributed by atoms with van der Waals surface area (Å²) in [6.45, 7) is 6.97. The van der Waals surface area contributed by atoms with Gasteiger partial charge in [0.05, 0.1) is 13.2 Å². The number of ether oxygens (including phenoxy) is 2. The number of hydrogen-bond donors (Lipinski definition) is 1. The minimum Gasteiger partial charge on any atom is -0.466 e. The van der Waals surface area contributed by atoms with Gasteiger partial charge in [0, 0.05) is 40.6 Å². The van der Waals surface area contributed by atoms with Gasteiger partial charge in [-0.2, -0.15) is 0 Å². The van der Waals surface area contributed by atoms with E-state index in [2.05, 4.69) is 22.9 Å². The van der Waals surface area contributed by atoms with E-state index < -0.39 is 5.09 Å². The Labute approximate surface area is 250 Å². The molecule has 0 amide bonds. The van der Waals surface area contributed by atoms with Crippen molar-refractivity contribution in [2.24, 2.45) is 0 Å². The predicted molar refractivity (Wildman–Crippen MR) is 149 cm³/mol. The molecule has 37 heavy (non-hydrogen) atoms.